The maximum atomic E-state index is 5.53. The molecule has 1 unspecified atom stereocenters. The lowest BCUT2D eigenvalue weighted by Gasteiger charge is -2.14. The molecule has 0 aliphatic carbocycles. The van der Waals surface area contributed by atoms with Crippen molar-refractivity contribution in [2.45, 2.75) is 33.2 Å². The molecule has 0 aliphatic rings. The molecule has 1 N–H and O–H groups in total. The van der Waals surface area contributed by atoms with Crippen molar-refractivity contribution in [3.05, 3.63) is 30.1 Å². The van der Waals surface area contributed by atoms with Gasteiger partial charge in [-0.15, -0.1) is 0 Å². The summed E-state index contributed by atoms with van der Waals surface area (Å²) >= 11 is 0. The Morgan fingerprint density at radius 2 is 1.94 bits per heavy atom. The molecule has 1 rings (SSSR count). The molecule has 0 aromatic carbocycles. The molecule has 0 spiro atoms. The lowest BCUT2D eigenvalue weighted by molar-refractivity contribution is 0.107. The van der Waals surface area contributed by atoms with Gasteiger partial charge in [0.15, 0.2) is 0 Å². The van der Waals surface area contributed by atoms with E-state index in [9.17, 15) is 0 Å². The summed E-state index contributed by atoms with van der Waals surface area (Å²) in [5, 5.41) is 3.48. The summed E-state index contributed by atoms with van der Waals surface area (Å²) < 4.78 is 5.53. The normalized spacial score (nSPS) is 12.9. The predicted molar refractivity (Wildman–Crippen MR) is 70.9 cm³/mol. The van der Waals surface area contributed by atoms with Crippen LogP contribution >= 0.6 is 0 Å². The Balaban J connectivity index is 2.07. The zero-order valence-electron chi connectivity index (χ0n) is 11.1. The van der Waals surface area contributed by atoms with E-state index in [4.69, 9.17) is 4.74 Å². The van der Waals surface area contributed by atoms with E-state index in [-0.39, 0.29) is 0 Å². The van der Waals surface area contributed by atoms with E-state index in [1.54, 1.807) is 0 Å². The zero-order valence-corrected chi connectivity index (χ0v) is 11.1. The van der Waals surface area contributed by atoms with Crippen molar-refractivity contribution < 1.29 is 4.74 Å². The minimum atomic E-state index is 0.378. The molecule has 3 nitrogen and oxygen atoms in total. The Bertz CT molecular complexity index is 288. The van der Waals surface area contributed by atoms with Gasteiger partial charge in [0.2, 0.25) is 0 Å². The first-order chi connectivity index (χ1) is 8.20. The molecule has 0 amide bonds. The fourth-order valence-corrected chi connectivity index (χ4v) is 1.58. The van der Waals surface area contributed by atoms with Crippen molar-refractivity contribution in [2.75, 3.05) is 19.8 Å². The third kappa shape index (κ3) is 6.39. The maximum Gasteiger partial charge on any atom is 0.0489 e. The van der Waals surface area contributed by atoms with Gasteiger partial charge in [0.05, 0.1) is 0 Å². The summed E-state index contributed by atoms with van der Waals surface area (Å²) in [4.78, 5) is 4.02. The monoisotopic (exact) mass is 236 g/mol. The molecule has 0 fully saturated rings. The van der Waals surface area contributed by atoms with Crippen LogP contribution in [0.1, 0.15) is 38.8 Å². The Labute approximate surface area is 105 Å². The van der Waals surface area contributed by atoms with Crippen LogP contribution in [0.25, 0.3) is 0 Å². The van der Waals surface area contributed by atoms with Crippen molar-refractivity contribution in [1.29, 1.82) is 0 Å². The molecule has 1 atom stereocenters. The van der Waals surface area contributed by atoms with Gasteiger partial charge in [-0.05, 0) is 43.5 Å². The maximum absolute atomic E-state index is 5.53. The van der Waals surface area contributed by atoms with Gasteiger partial charge < -0.3 is 10.1 Å². The van der Waals surface area contributed by atoms with E-state index in [2.05, 4.69) is 31.1 Å². The van der Waals surface area contributed by atoms with Gasteiger partial charge in [-0.3, -0.25) is 4.98 Å². The molecule has 1 aromatic heterocycles. The Morgan fingerprint density at radius 3 is 2.59 bits per heavy atom. The van der Waals surface area contributed by atoms with Crippen LogP contribution in [0.3, 0.4) is 0 Å². The van der Waals surface area contributed by atoms with Crippen LogP contribution in [0, 0.1) is 5.92 Å². The molecule has 96 valence electrons. The number of pyridine rings is 1. The number of aromatic nitrogens is 1. The minimum absolute atomic E-state index is 0.378. The second-order valence-corrected chi connectivity index (χ2v) is 4.78. The minimum Gasteiger partial charge on any atom is -0.381 e. The van der Waals surface area contributed by atoms with Crippen molar-refractivity contribution >= 4 is 0 Å². The first-order valence-corrected chi connectivity index (χ1v) is 6.41. The highest BCUT2D eigenvalue weighted by molar-refractivity contribution is 5.13. The fraction of sp³-hybridized carbons (Fsp3) is 0.643. The van der Waals surface area contributed by atoms with E-state index in [0.717, 1.165) is 26.2 Å². The highest BCUT2D eigenvalue weighted by Crippen LogP contribution is 2.09. The van der Waals surface area contributed by atoms with Crippen molar-refractivity contribution in [2.24, 2.45) is 5.92 Å². The SMILES string of the molecule is CC(C)COCCCNC(C)c1ccncc1. The Hall–Kier alpha value is -0.930. The molecule has 0 aliphatic heterocycles. The van der Waals surface area contributed by atoms with Crippen molar-refractivity contribution in [1.82, 2.24) is 10.3 Å². The summed E-state index contributed by atoms with van der Waals surface area (Å²) in [5.41, 5.74) is 1.28. The van der Waals surface area contributed by atoms with Crippen molar-refractivity contribution in [3.63, 3.8) is 0 Å². The Morgan fingerprint density at radius 1 is 1.24 bits per heavy atom. The largest absolute Gasteiger partial charge is 0.381 e. The Kier molecular flexibility index (Phi) is 6.82. The van der Waals surface area contributed by atoms with Gasteiger partial charge in [-0.2, -0.15) is 0 Å². The third-order valence-corrected chi connectivity index (χ3v) is 2.57. The molecule has 0 saturated heterocycles. The van der Waals surface area contributed by atoms with Crippen LogP contribution in [-0.2, 0) is 4.74 Å². The lowest BCUT2D eigenvalue weighted by Crippen LogP contribution is -2.21. The second kappa shape index (κ2) is 8.20. The van der Waals surface area contributed by atoms with Crippen LogP contribution in [0.4, 0.5) is 0 Å². The molecule has 17 heavy (non-hydrogen) atoms. The van der Waals surface area contributed by atoms with Crippen LogP contribution in [0.5, 0.6) is 0 Å². The smallest absolute Gasteiger partial charge is 0.0489 e. The molecule has 0 radical (unpaired) electrons. The predicted octanol–water partition coefficient (Wildman–Crippen LogP) is 2.79. The highest BCUT2D eigenvalue weighted by Gasteiger charge is 2.02. The van der Waals surface area contributed by atoms with E-state index < -0.39 is 0 Å². The van der Waals surface area contributed by atoms with Crippen LogP contribution in [0.2, 0.25) is 0 Å². The molecular formula is C14H24N2O. The number of nitrogens with zero attached hydrogens (tertiary/aromatic N) is 1. The first kappa shape index (κ1) is 14.1. The van der Waals surface area contributed by atoms with E-state index in [0.29, 0.717) is 12.0 Å². The van der Waals surface area contributed by atoms with Crippen molar-refractivity contribution in [3.8, 4) is 0 Å². The quantitative estimate of drug-likeness (QED) is 0.705. The van der Waals surface area contributed by atoms with E-state index in [1.165, 1.54) is 5.56 Å². The number of hydrogen-bond donors (Lipinski definition) is 1. The summed E-state index contributed by atoms with van der Waals surface area (Å²) in [7, 11) is 0. The zero-order chi connectivity index (χ0) is 12.5. The first-order valence-electron chi connectivity index (χ1n) is 6.41. The molecule has 3 heteroatoms. The number of rotatable bonds is 8. The van der Waals surface area contributed by atoms with Gasteiger partial charge in [-0.1, -0.05) is 13.8 Å². The van der Waals surface area contributed by atoms with Crippen LogP contribution < -0.4 is 5.32 Å². The average Bonchev–Trinajstić information content (AvgIpc) is 2.34. The van der Waals surface area contributed by atoms with Crippen LogP contribution in [-0.4, -0.2) is 24.7 Å². The summed E-state index contributed by atoms with van der Waals surface area (Å²) in [6.45, 7) is 9.20. The van der Waals surface area contributed by atoms with E-state index in [1.807, 2.05) is 24.5 Å². The molecule has 1 aromatic rings. The van der Waals surface area contributed by atoms with Gasteiger partial charge >= 0.3 is 0 Å². The van der Waals surface area contributed by atoms with Gasteiger partial charge in [-0.25, -0.2) is 0 Å². The highest BCUT2D eigenvalue weighted by atomic mass is 16.5. The second-order valence-electron chi connectivity index (χ2n) is 4.78. The van der Waals surface area contributed by atoms with Gasteiger partial charge in [0.1, 0.15) is 0 Å². The third-order valence-electron chi connectivity index (χ3n) is 2.57. The fourth-order valence-electron chi connectivity index (χ4n) is 1.58. The summed E-state index contributed by atoms with van der Waals surface area (Å²) in [5.74, 6) is 0.624. The van der Waals surface area contributed by atoms with Gasteiger partial charge in [0.25, 0.3) is 0 Å². The number of nitrogens with one attached hydrogen (secondary N) is 1. The topological polar surface area (TPSA) is 34.1 Å². The van der Waals surface area contributed by atoms with E-state index >= 15 is 0 Å². The molecule has 0 bridgehead atoms. The summed E-state index contributed by atoms with van der Waals surface area (Å²) in [6.07, 6.45) is 4.72. The average molecular weight is 236 g/mol. The standard InChI is InChI=1S/C14H24N2O/c1-12(2)11-17-10-4-7-16-13(3)14-5-8-15-9-6-14/h5-6,8-9,12-13,16H,4,7,10-11H2,1-3H3. The number of hydrogen-bond acceptors (Lipinski definition) is 3. The molecule has 1 heterocycles. The molecular weight excluding hydrogens is 212 g/mol. The number of ether oxygens (including phenoxy) is 1. The summed E-state index contributed by atoms with van der Waals surface area (Å²) in [6, 6.07) is 4.47. The van der Waals surface area contributed by atoms with Crippen LogP contribution in [0.15, 0.2) is 24.5 Å². The van der Waals surface area contributed by atoms with Gasteiger partial charge in [0, 0.05) is 31.6 Å². The lowest BCUT2D eigenvalue weighted by atomic mass is 10.1. The molecule has 0 saturated carbocycles.